The van der Waals surface area contributed by atoms with Gasteiger partial charge in [0.1, 0.15) is 0 Å². The second-order valence-electron chi connectivity index (χ2n) is 8.40. The topological polar surface area (TPSA) is 81.2 Å². The molecule has 2 aliphatic rings. The molecule has 0 radical (unpaired) electrons. The molecule has 0 aliphatic carbocycles. The first-order valence-electron chi connectivity index (χ1n) is 10.4. The summed E-state index contributed by atoms with van der Waals surface area (Å²) in [6.07, 6.45) is -8.81. The fourth-order valence-corrected chi connectivity index (χ4v) is 4.70. The van der Waals surface area contributed by atoms with Gasteiger partial charge >= 0.3 is 18.3 Å². The Morgan fingerprint density at radius 3 is 2.14 bits per heavy atom. The average Bonchev–Trinajstić information content (AvgIpc) is 3.46. The van der Waals surface area contributed by atoms with E-state index in [2.05, 4.69) is 0 Å². The maximum atomic E-state index is 12.9. The minimum atomic E-state index is -5.08. The van der Waals surface area contributed by atoms with Crippen molar-refractivity contribution < 1.29 is 45.8 Å². The predicted molar refractivity (Wildman–Crippen MR) is 118 cm³/mol. The number of carboxylic acid groups (broad SMARTS) is 1. The van der Waals surface area contributed by atoms with E-state index in [0.717, 1.165) is 17.8 Å². The van der Waals surface area contributed by atoms with E-state index in [-0.39, 0.29) is 29.5 Å². The number of thiophene rings is 1. The maximum Gasteiger partial charge on any atom is 0.490 e. The number of amides is 2. The lowest BCUT2D eigenvalue weighted by Crippen LogP contribution is -2.64. The van der Waals surface area contributed by atoms with Crippen LogP contribution in [0.5, 0.6) is 0 Å². The zero-order chi connectivity index (χ0) is 26.9. The molecule has 2 saturated heterocycles. The molecule has 2 aliphatic heterocycles. The van der Waals surface area contributed by atoms with Crippen LogP contribution < -0.4 is 4.90 Å². The molecule has 2 aromatic rings. The van der Waals surface area contributed by atoms with Gasteiger partial charge < -0.3 is 14.9 Å². The molecule has 1 atom stereocenters. The molecule has 1 N–H and O–H groups in total. The van der Waals surface area contributed by atoms with Crippen molar-refractivity contribution in [2.24, 2.45) is 0 Å². The first-order chi connectivity index (χ1) is 16.6. The Labute approximate surface area is 205 Å². The minimum Gasteiger partial charge on any atom is -0.475 e. The lowest BCUT2D eigenvalue weighted by molar-refractivity contribution is -0.192. The Morgan fingerprint density at radius 2 is 1.64 bits per heavy atom. The fourth-order valence-electron chi connectivity index (χ4n) is 4.06. The zero-order valence-corrected chi connectivity index (χ0v) is 19.6. The zero-order valence-electron chi connectivity index (χ0n) is 18.8. The number of alkyl halides is 6. The summed E-state index contributed by atoms with van der Waals surface area (Å²) in [4.78, 5) is 39.7. The van der Waals surface area contributed by atoms with E-state index in [9.17, 15) is 35.9 Å². The molecule has 196 valence electrons. The fraction of sp³-hybridized carbons (Fsp3) is 0.409. The summed E-state index contributed by atoms with van der Waals surface area (Å²) in [6.45, 7) is 1.67. The standard InChI is InChI=1S/C20H20F3N3O2S.C2HF3O2/c1-24-10-17(27)26(16-6-9-29-11-16)13-19(24)7-8-25(12-19)18(28)14-2-4-15(5-3-14)20(21,22)23;3-2(4,5)1(6)7/h2-6,9,11H,7-8,10,12-13H2,1H3;(H,6,7). The Bertz CT molecular complexity index is 1100. The Balaban J connectivity index is 0.000000454. The van der Waals surface area contributed by atoms with Gasteiger partial charge in [0, 0.05) is 30.6 Å². The summed E-state index contributed by atoms with van der Waals surface area (Å²) in [6, 6.07) is 6.22. The van der Waals surface area contributed by atoms with Crippen LogP contribution in [0, 0.1) is 0 Å². The molecular weight excluding hydrogens is 516 g/mol. The Kier molecular flexibility index (Phi) is 7.69. The number of hydrogen-bond donors (Lipinski definition) is 1. The second kappa shape index (κ2) is 10.1. The van der Waals surface area contributed by atoms with Crippen LogP contribution in [0.1, 0.15) is 22.3 Å². The SMILES string of the molecule is CN1CC(=O)N(c2ccsc2)CC12CCN(C(=O)c1ccc(C(F)(F)F)cc1)C2.O=C(O)C(F)(F)F. The number of carbonyl (C=O) groups is 3. The molecular formula is C22H21F6N3O4S. The second-order valence-corrected chi connectivity index (χ2v) is 9.18. The van der Waals surface area contributed by atoms with Gasteiger partial charge in [-0.15, -0.1) is 0 Å². The highest BCUT2D eigenvalue weighted by Gasteiger charge is 2.49. The van der Waals surface area contributed by atoms with Crippen molar-refractivity contribution in [3.05, 3.63) is 52.2 Å². The Morgan fingerprint density at radius 1 is 1.03 bits per heavy atom. The molecule has 1 spiro atoms. The van der Waals surface area contributed by atoms with Gasteiger partial charge in [-0.2, -0.15) is 37.7 Å². The van der Waals surface area contributed by atoms with Crippen molar-refractivity contribution in [2.75, 3.05) is 38.1 Å². The summed E-state index contributed by atoms with van der Waals surface area (Å²) in [5.74, 6) is -3.03. The largest absolute Gasteiger partial charge is 0.490 e. The number of carboxylic acids is 1. The number of benzene rings is 1. The van der Waals surface area contributed by atoms with Gasteiger partial charge in [0.15, 0.2) is 0 Å². The molecule has 2 fully saturated rings. The summed E-state index contributed by atoms with van der Waals surface area (Å²) >= 11 is 1.52. The number of nitrogens with zero attached hydrogens (tertiary/aromatic N) is 3. The van der Waals surface area contributed by atoms with Gasteiger partial charge in [0.25, 0.3) is 5.91 Å². The number of carbonyl (C=O) groups excluding carboxylic acids is 2. The number of piperazine rings is 1. The van der Waals surface area contributed by atoms with Crippen LogP contribution in [0.15, 0.2) is 41.1 Å². The molecule has 3 heterocycles. The van der Waals surface area contributed by atoms with Crippen molar-refractivity contribution in [2.45, 2.75) is 24.3 Å². The molecule has 1 aromatic carbocycles. The number of likely N-dealkylation sites (tertiary alicyclic amines) is 1. The molecule has 0 saturated carbocycles. The molecule has 0 bridgehead atoms. The number of likely N-dealkylation sites (N-methyl/N-ethyl adjacent to an activating group) is 1. The van der Waals surface area contributed by atoms with Crippen molar-refractivity contribution in [1.82, 2.24) is 9.80 Å². The lowest BCUT2D eigenvalue weighted by Gasteiger charge is -2.46. The number of halogens is 6. The van der Waals surface area contributed by atoms with E-state index in [1.54, 1.807) is 9.80 Å². The monoisotopic (exact) mass is 537 g/mol. The highest BCUT2D eigenvalue weighted by atomic mass is 32.1. The van der Waals surface area contributed by atoms with Gasteiger partial charge in [-0.25, -0.2) is 4.79 Å². The molecule has 7 nitrogen and oxygen atoms in total. The van der Waals surface area contributed by atoms with Crippen LogP contribution in [0.2, 0.25) is 0 Å². The summed E-state index contributed by atoms with van der Waals surface area (Å²) in [5, 5.41) is 11.0. The van der Waals surface area contributed by atoms with E-state index in [0.29, 0.717) is 26.1 Å². The van der Waals surface area contributed by atoms with E-state index in [1.807, 2.05) is 28.8 Å². The van der Waals surface area contributed by atoms with E-state index < -0.39 is 23.9 Å². The molecule has 4 rings (SSSR count). The third-order valence-electron chi connectivity index (χ3n) is 6.07. The van der Waals surface area contributed by atoms with Gasteiger partial charge in [0.05, 0.1) is 23.3 Å². The minimum absolute atomic E-state index is 0.0176. The number of hydrogen-bond acceptors (Lipinski definition) is 5. The molecule has 1 unspecified atom stereocenters. The van der Waals surface area contributed by atoms with E-state index in [1.165, 1.54) is 23.5 Å². The third kappa shape index (κ3) is 5.98. The van der Waals surface area contributed by atoms with Crippen LogP contribution in [0.4, 0.5) is 32.0 Å². The van der Waals surface area contributed by atoms with Crippen molar-refractivity contribution in [1.29, 1.82) is 0 Å². The number of aliphatic carboxylic acids is 1. The maximum absolute atomic E-state index is 12.9. The Hall–Kier alpha value is -3.13. The number of anilines is 1. The van der Waals surface area contributed by atoms with Crippen molar-refractivity contribution in [3.63, 3.8) is 0 Å². The van der Waals surface area contributed by atoms with Crippen LogP contribution in [0.3, 0.4) is 0 Å². The van der Waals surface area contributed by atoms with Crippen LogP contribution in [-0.4, -0.2) is 77.6 Å². The third-order valence-corrected chi connectivity index (χ3v) is 6.75. The smallest absolute Gasteiger partial charge is 0.475 e. The lowest BCUT2D eigenvalue weighted by atomic mass is 9.93. The van der Waals surface area contributed by atoms with Crippen LogP contribution in [-0.2, 0) is 15.8 Å². The summed E-state index contributed by atoms with van der Waals surface area (Å²) < 4.78 is 70.0. The molecule has 36 heavy (non-hydrogen) atoms. The van der Waals surface area contributed by atoms with Crippen LogP contribution >= 0.6 is 11.3 Å². The molecule has 1 aromatic heterocycles. The first kappa shape index (κ1) is 27.5. The predicted octanol–water partition coefficient (Wildman–Crippen LogP) is 3.96. The van der Waals surface area contributed by atoms with Gasteiger partial charge in [0.2, 0.25) is 5.91 Å². The first-order valence-corrected chi connectivity index (χ1v) is 11.4. The molecule has 2 amide bonds. The quantitative estimate of drug-likeness (QED) is 0.587. The normalized spacial score (nSPS) is 20.9. The summed E-state index contributed by atoms with van der Waals surface area (Å²) in [7, 11) is 1.88. The number of rotatable bonds is 2. The van der Waals surface area contributed by atoms with Gasteiger partial charge in [-0.05, 0) is 49.2 Å². The van der Waals surface area contributed by atoms with E-state index >= 15 is 0 Å². The van der Waals surface area contributed by atoms with E-state index in [4.69, 9.17) is 9.90 Å². The summed E-state index contributed by atoms with van der Waals surface area (Å²) in [5.41, 5.74) is -0.0413. The van der Waals surface area contributed by atoms with Crippen LogP contribution in [0.25, 0.3) is 0 Å². The molecule has 14 heteroatoms. The average molecular weight is 537 g/mol. The van der Waals surface area contributed by atoms with Crippen molar-refractivity contribution in [3.8, 4) is 0 Å². The van der Waals surface area contributed by atoms with Crippen molar-refractivity contribution >= 4 is 34.8 Å². The van der Waals surface area contributed by atoms with Gasteiger partial charge in [-0.1, -0.05) is 0 Å². The van der Waals surface area contributed by atoms with Gasteiger partial charge in [-0.3, -0.25) is 14.5 Å². The highest BCUT2D eigenvalue weighted by molar-refractivity contribution is 7.08. The highest BCUT2D eigenvalue weighted by Crippen LogP contribution is 2.35.